The van der Waals surface area contributed by atoms with Gasteiger partial charge in [0, 0.05) is 30.9 Å². The maximum Gasteiger partial charge on any atom is 0.227 e. The van der Waals surface area contributed by atoms with E-state index in [9.17, 15) is 4.79 Å². The first-order valence-corrected chi connectivity index (χ1v) is 8.34. The van der Waals surface area contributed by atoms with Crippen LogP contribution in [-0.2, 0) is 16.0 Å². The van der Waals surface area contributed by atoms with Gasteiger partial charge in [-0.25, -0.2) is 0 Å². The van der Waals surface area contributed by atoms with E-state index in [2.05, 4.69) is 15.5 Å². The lowest BCUT2D eigenvalue weighted by atomic mass is 9.60. The second-order valence-corrected chi connectivity index (χ2v) is 6.48. The average Bonchev–Trinajstić information content (AvgIpc) is 3.14. The van der Waals surface area contributed by atoms with E-state index in [1.807, 2.05) is 6.92 Å². The summed E-state index contributed by atoms with van der Waals surface area (Å²) in [4.78, 5) is 16.3. The van der Waals surface area contributed by atoms with Gasteiger partial charge in [0.2, 0.25) is 11.8 Å². The van der Waals surface area contributed by atoms with E-state index in [4.69, 9.17) is 9.26 Å². The molecule has 3 rings (SSSR count). The van der Waals surface area contributed by atoms with Crippen LogP contribution < -0.4 is 5.32 Å². The Balaban J connectivity index is 1.51. The van der Waals surface area contributed by atoms with Crippen LogP contribution in [0.2, 0.25) is 0 Å². The minimum Gasteiger partial charge on any atom is -0.378 e. The van der Waals surface area contributed by atoms with Crippen molar-refractivity contribution in [1.82, 2.24) is 15.5 Å². The van der Waals surface area contributed by atoms with Gasteiger partial charge in [-0.2, -0.15) is 4.98 Å². The zero-order chi connectivity index (χ0) is 15.6. The highest BCUT2D eigenvalue weighted by Gasteiger charge is 2.57. The molecule has 1 spiro atoms. The van der Waals surface area contributed by atoms with Crippen LogP contribution in [0.15, 0.2) is 4.52 Å². The van der Waals surface area contributed by atoms with E-state index in [1.54, 1.807) is 6.92 Å². The van der Waals surface area contributed by atoms with Gasteiger partial charge in [0.15, 0.2) is 5.82 Å². The van der Waals surface area contributed by atoms with Gasteiger partial charge >= 0.3 is 0 Å². The molecule has 1 aromatic rings. The topological polar surface area (TPSA) is 77.2 Å². The van der Waals surface area contributed by atoms with E-state index in [0.717, 1.165) is 13.0 Å². The third-order valence-electron chi connectivity index (χ3n) is 5.16. The molecule has 6 nitrogen and oxygen atoms in total. The molecular weight excluding hydrogens is 282 g/mol. The molecule has 2 aliphatic rings. The lowest BCUT2D eigenvalue weighted by Gasteiger charge is -2.54. The Bertz CT molecular complexity index is 522. The van der Waals surface area contributed by atoms with Crippen LogP contribution in [0.5, 0.6) is 0 Å². The van der Waals surface area contributed by atoms with Crippen LogP contribution >= 0.6 is 0 Å². The number of rotatable bonds is 6. The molecular formula is C16H25N3O3. The third-order valence-corrected chi connectivity index (χ3v) is 5.16. The fourth-order valence-corrected chi connectivity index (χ4v) is 4.02. The number of hydrogen-bond acceptors (Lipinski definition) is 5. The number of aromatic nitrogens is 2. The molecule has 2 aliphatic carbocycles. The highest BCUT2D eigenvalue weighted by Crippen LogP contribution is 2.54. The average molecular weight is 307 g/mol. The lowest BCUT2D eigenvalue weighted by Crippen LogP contribution is -2.63. The molecule has 2 saturated carbocycles. The normalized spacial score (nSPS) is 26.1. The molecule has 0 aliphatic heterocycles. The van der Waals surface area contributed by atoms with Crippen LogP contribution in [0.4, 0.5) is 0 Å². The highest BCUT2D eigenvalue weighted by molar-refractivity contribution is 5.76. The van der Waals surface area contributed by atoms with E-state index >= 15 is 0 Å². The number of carbonyl (C=O) groups excluding carboxylic acids is 1. The Morgan fingerprint density at radius 2 is 2.23 bits per heavy atom. The summed E-state index contributed by atoms with van der Waals surface area (Å²) in [6, 6.07) is 0.267. The van der Waals surface area contributed by atoms with Gasteiger partial charge in [0.1, 0.15) is 0 Å². The van der Waals surface area contributed by atoms with Crippen LogP contribution in [0.25, 0.3) is 0 Å². The predicted octanol–water partition coefficient (Wildman–Crippen LogP) is 2.16. The second kappa shape index (κ2) is 6.36. The van der Waals surface area contributed by atoms with Gasteiger partial charge in [-0.05, 0) is 33.1 Å². The van der Waals surface area contributed by atoms with Gasteiger partial charge in [-0.15, -0.1) is 0 Å². The fraction of sp³-hybridized carbons (Fsp3) is 0.812. The number of aryl methyl sites for hydroxylation is 2. The van der Waals surface area contributed by atoms with E-state index in [1.165, 1.54) is 25.7 Å². The number of ether oxygens (including phenoxy) is 1. The van der Waals surface area contributed by atoms with Crippen molar-refractivity contribution in [3.05, 3.63) is 11.7 Å². The number of hydrogen-bond donors (Lipinski definition) is 1. The van der Waals surface area contributed by atoms with Crippen LogP contribution in [-0.4, -0.2) is 34.8 Å². The molecule has 1 heterocycles. The number of nitrogens with one attached hydrogen (secondary N) is 1. The van der Waals surface area contributed by atoms with Gasteiger partial charge in [-0.3, -0.25) is 4.79 Å². The Kier molecular flexibility index (Phi) is 4.47. The number of amides is 1. The SMILES string of the molecule is CCO[C@H]1C[C@@H](NC(=O)CCc2nc(C)no2)C12CCCC2. The van der Waals surface area contributed by atoms with Gasteiger partial charge in [0.05, 0.1) is 6.10 Å². The molecule has 2 fully saturated rings. The Morgan fingerprint density at radius 1 is 1.45 bits per heavy atom. The molecule has 22 heavy (non-hydrogen) atoms. The molecule has 0 bridgehead atoms. The number of carbonyl (C=O) groups is 1. The van der Waals surface area contributed by atoms with Crippen molar-refractivity contribution < 1.29 is 14.1 Å². The standard InChI is InChI=1S/C16H25N3O3/c1-3-21-13-10-12(16(13)8-4-5-9-16)18-14(20)6-7-15-17-11(2)19-22-15/h12-13H,3-10H2,1-2H3,(H,18,20)/t12-,13+/m1/s1. The van der Waals surface area contributed by atoms with E-state index < -0.39 is 0 Å². The lowest BCUT2D eigenvalue weighted by molar-refractivity contribution is -0.144. The summed E-state index contributed by atoms with van der Waals surface area (Å²) in [6.07, 6.45) is 7.00. The summed E-state index contributed by atoms with van der Waals surface area (Å²) in [6.45, 7) is 4.57. The molecule has 0 saturated heterocycles. The van der Waals surface area contributed by atoms with Crippen LogP contribution in [0.3, 0.4) is 0 Å². The van der Waals surface area contributed by atoms with E-state index in [0.29, 0.717) is 30.7 Å². The molecule has 1 N–H and O–H groups in total. The molecule has 1 amide bonds. The third kappa shape index (κ3) is 2.89. The van der Waals surface area contributed by atoms with Crippen molar-refractivity contribution in [1.29, 1.82) is 0 Å². The molecule has 122 valence electrons. The van der Waals surface area contributed by atoms with E-state index in [-0.39, 0.29) is 17.4 Å². The van der Waals surface area contributed by atoms with Crippen LogP contribution in [0.1, 0.15) is 57.2 Å². The summed E-state index contributed by atoms with van der Waals surface area (Å²) in [7, 11) is 0. The van der Waals surface area contributed by atoms with Crippen molar-refractivity contribution in [3.63, 3.8) is 0 Å². The highest BCUT2D eigenvalue weighted by atomic mass is 16.5. The Labute approximate surface area is 131 Å². The zero-order valence-corrected chi connectivity index (χ0v) is 13.4. The second-order valence-electron chi connectivity index (χ2n) is 6.48. The van der Waals surface area contributed by atoms with Crippen molar-refractivity contribution >= 4 is 5.91 Å². The maximum absolute atomic E-state index is 12.2. The fourth-order valence-electron chi connectivity index (χ4n) is 4.02. The molecule has 0 radical (unpaired) electrons. The van der Waals surface area contributed by atoms with Crippen molar-refractivity contribution in [2.45, 2.75) is 70.9 Å². The van der Waals surface area contributed by atoms with Crippen molar-refractivity contribution in [2.75, 3.05) is 6.61 Å². The molecule has 6 heteroatoms. The predicted molar refractivity (Wildman–Crippen MR) is 80.2 cm³/mol. The first kappa shape index (κ1) is 15.5. The van der Waals surface area contributed by atoms with Gasteiger partial charge in [0.25, 0.3) is 0 Å². The van der Waals surface area contributed by atoms with Crippen LogP contribution in [0, 0.1) is 12.3 Å². The smallest absolute Gasteiger partial charge is 0.227 e. The maximum atomic E-state index is 12.2. The largest absolute Gasteiger partial charge is 0.378 e. The minimum atomic E-state index is 0.0714. The molecule has 0 unspecified atom stereocenters. The Morgan fingerprint density at radius 3 is 2.86 bits per heavy atom. The molecule has 1 aromatic heterocycles. The minimum absolute atomic E-state index is 0.0714. The van der Waals surface area contributed by atoms with Crippen molar-refractivity contribution in [3.8, 4) is 0 Å². The summed E-state index contributed by atoms with van der Waals surface area (Å²) in [5.41, 5.74) is 0.187. The monoisotopic (exact) mass is 307 g/mol. The summed E-state index contributed by atoms with van der Waals surface area (Å²) in [5, 5.41) is 6.94. The zero-order valence-electron chi connectivity index (χ0n) is 13.4. The molecule has 0 aromatic carbocycles. The first-order chi connectivity index (χ1) is 10.6. The van der Waals surface area contributed by atoms with Crippen molar-refractivity contribution in [2.24, 2.45) is 5.41 Å². The summed E-state index contributed by atoms with van der Waals surface area (Å²) < 4.78 is 10.9. The van der Waals surface area contributed by atoms with Gasteiger partial charge in [-0.1, -0.05) is 18.0 Å². The summed E-state index contributed by atoms with van der Waals surface area (Å²) >= 11 is 0. The number of nitrogens with zero attached hydrogens (tertiary/aromatic N) is 2. The first-order valence-electron chi connectivity index (χ1n) is 8.34. The Hall–Kier alpha value is -1.43. The van der Waals surface area contributed by atoms with Gasteiger partial charge < -0.3 is 14.6 Å². The molecule has 2 atom stereocenters. The quantitative estimate of drug-likeness (QED) is 0.871. The summed E-state index contributed by atoms with van der Waals surface area (Å²) in [5.74, 6) is 1.21.